The van der Waals surface area contributed by atoms with Gasteiger partial charge in [-0.15, -0.1) is 0 Å². The molecular formula is C82H122N12O19. The number of piperidine rings is 1. The normalized spacial score (nSPS) is 27.9. The van der Waals surface area contributed by atoms with Crippen molar-refractivity contribution in [1.29, 1.82) is 0 Å². The minimum atomic E-state index is -2.40. The first-order valence-corrected chi connectivity index (χ1v) is 40.0. The van der Waals surface area contributed by atoms with Gasteiger partial charge in [0.05, 0.1) is 103 Å². The SMILES string of the molecule is CO[C@@H]1C[C@H](C[C@@H](C)[C@@H]2CC(=O)[C@H](C)/C=C(\C)[C@@H](O)[C@@H](OC)C(=O)[C@H](C)C[C@H](C)/C=C/C=C/C=C(\C)CC[C@@H]3CC[C@@H](C)[C@@](O)(O3)C(=O)C(=O)N3CCCC[C@H]3C(=O)O2)CC[C@H]1OCCOCC(C=NCCOCCOCCOCCOCCC(=O)NCCCCn1nc(-c2ccc3oc(N)nc3c2)c2c(N)ncnc21)=NN. The summed E-state index contributed by atoms with van der Waals surface area (Å²) < 4.78 is 66.1. The van der Waals surface area contributed by atoms with Gasteiger partial charge in [0.25, 0.3) is 17.7 Å². The number of ether oxygens (including phenoxy) is 10. The summed E-state index contributed by atoms with van der Waals surface area (Å²) in [6.07, 6.45) is 17.8. The molecule has 3 aromatic heterocycles. The molecule has 4 aliphatic rings. The number of carbonyl (C=O) groups excluding carboxylic acids is 6. The minimum absolute atomic E-state index is 0.0191. The third kappa shape index (κ3) is 27.3. The number of carbonyl (C=O) groups is 6. The number of benzene rings is 1. The number of rotatable bonds is 33. The number of aliphatic hydroxyl groups excluding tert-OH is 1. The van der Waals surface area contributed by atoms with E-state index in [-0.39, 0.29) is 106 Å². The van der Waals surface area contributed by atoms with E-state index in [9.17, 15) is 39.0 Å². The van der Waals surface area contributed by atoms with Crippen LogP contribution in [0.5, 0.6) is 0 Å². The molecule has 113 heavy (non-hydrogen) atoms. The monoisotopic (exact) mass is 1580 g/mol. The predicted molar refractivity (Wildman–Crippen MR) is 426 cm³/mol. The number of amides is 2. The molecule has 8 rings (SSSR count). The second-order valence-electron chi connectivity index (χ2n) is 30.3. The maximum Gasteiger partial charge on any atom is 0.329 e. The molecule has 1 aromatic carbocycles. The number of nitrogens with one attached hydrogen (secondary N) is 1. The number of unbranched alkanes of at least 4 members (excludes halogenated alkanes) is 1. The van der Waals surface area contributed by atoms with Gasteiger partial charge in [-0.2, -0.15) is 15.2 Å². The quantitative estimate of drug-likeness (QED) is 0.00498. The standard InChI is InChI=1S/C82H122N12O19/c1-52-17-11-10-12-18-53(2)43-56(5)73(97)75(104-9)74(98)57(6)44-54(3)65(95)48-68(111-80(101)64-19-13-15-31-93(64)79(100)76(99)82(102)58(7)21-25-62(113-82)24-20-52)55(4)45-59-22-26-67(69(46-59)103-8)110-42-41-109-50-61(91-85)49-86-30-34-106-36-38-108-40-39-107-37-35-105-33-28-70(96)87-29-14-16-32-94-78-71(77(83)88-51-89-78)72(92-94)60-23-27-66-63(47-60)90-81(84)112-66/h10-12,17-18,23,27,44,47,49,51,53-56,58-59,62,64,67-69,74-75,98,102H,13-16,19-22,24-26,28-43,45-46,48,50,85H2,1-9H3,(H2,84,90)(H,87,96)(H2,83,88,89)/b11-10+,18-12+,52-17+,57-44+,86-49?,91-61?/t53-,54-,55-,56-,58-,59+,62-,64+,67-,68+,69-,74-,75+,82-/m1/s1. The maximum absolute atomic E-state index is 14.7. The lowest BCUT2D eigenvalue weighted by Gasteiger charge is -2.42. The van der Waals surface area contributed by atoms with Crippen LogP contribution in [0.25, 0.3) is 33.4 Å². The van der Waals surface area contributed by atoms with E-state index in [1.54, 1.807) is 50.9 Å². The Morgan fingerprint density at radius 3 is 2.33 bits per heavy atom. The Hall–Kier alpha value is -8.08. The first-order chi connectivity index (χ1) is 54.4. The average molecular weight is 1580 g/mol. The number of esters is 1. The zero-order valence-corrected chi connectivity index (χ0v) is 67.4. The predicted octanol–water partition coefficient (Wildman–Crippen LogP) is 8.15. The van der Waals surface area contributed by atoms with Crippen LogP contribution in [0.2, 0.25) is 0 Å². The molecule has 9 N–H and O–H groups in total. The number of hydrogen-bond acceptors (Lipinski definition) is 28. The van der Waals surface area contributed by atoms with Crippen molar-refractivity contribution in [2.45, 2.75) is 206 Å². The number of Topliss-reactive ketones (excluding diaryl/α,β-unsaturated/α-hetero) is 3. The van der Waals surface area contributed by atoms with Crippen LogP contribution < -0.4 is 22.6 Å². The Morgan fingerprint density at radius 2 is 1.58 bits per heavy atom. The molecule has 14 atom stereocenters. The third-order valence-corrected chi connectivity index (χ3v) is 21.6. The van der Waals surface area contributed by atoms with E-state index in [0.29, 0.717) is 175 Å². The molecule has 0 unspecified atom stereocenters. The van der Waals surface area contributed by atoms with E-state index in [2.05, 4.69) is 30.4 Å². The van der Waals surface area contributed by atoms with Gasteiger partial charge in [0, 0.05) is 76.2 Å². The molecule has 6 heterocycles. The highest BCUT2D eigenvalue weighted by molar-refractivity contribution is 6.39. The summed E-state index contributed by atoms with van der Waals surface area (Å²) in [6, 6.07) is 4.39. The minimum Gasteiger partial charge on any atom is -0.460 e. The fraction of sp³-hybridized carbons (Fsp3) is 0.659. The first-order valence-electron chi connectivity index (χ1n) is 40.0. The highest BCUT2D eigenvalue weighted by Crippen LogP contribution is 2.39. The molecule has 31 nitrogen and oxygen atoms in total. The van der Waals surface area contributed by atoms with Crippen LogP contribution in [-0.2, 0) is 82.7 Å². The number of anilines is 2. The van der Waals surface area contributed by atoms with Crippen molar-refractivity contribution in [2.24, 2.45) is 51.4 Å². The smallest absolute Gasteiger partial charge is 0.329 e. The highest BCUT2D eigenvalue weighted by Gasteiger charge is 2.53. The molecular weight excluding hydrogens is 1460 g/mol. The van der Waals surface area contributed by atoms with Crippen molar-refractivity contribution < 1.29 is 90.8 Å². The van der Waals surface area contributed by atoms with Crippen molar-refractivity contribution >= 4 is 81.0 Å². The molecule has 624 valence electrons. The maximum atomic E-state index is 14.7. The van der Waals surface area contributed by atoms with Gasteiger partial charge in [0.15, 0.2) is 17.0 Å². The molecule has 0 spiro atoms. The van der Waals surface area contributed by atoms with Gasteiger partial charge in [-0.25, -0.2) is 19.4 Å². The Morgan fingerprint density at radius 1 is 0.841 bits per heavy atom. The summed E-state index contributed by atoms with van der Waals surface area (Å²) in [5.41, 5.74) is 17.1. The molecule has 1 aliphatic carbocycles. The number of aliphatic hydroxyl groups is 2. The van der Waals surface area contributed by atoms with E-state index >= 15 is 0 Å². The Kier molecular flexibility index (Phi) is 37.2. The molecule has 0 radical (unpaired) electrons. The summed E-state index contributed by atoms with van der Waals surface area (Å²) >= 11 is 0. The molecule has 2 bridgehead atoms. The number of nitrogens with two attached hydrogens (primary N) is 3. The van der Waals surface area contributed by atoms with Crippen molar-refractivity contribution in [3.63, 3.8) is 0 Å². The summed E-state index contributed by atoms with van der Waals surface area (Å²) in [5.74, 6) is -2.19. The van der Waals surface area contributed by atoms with E-state index in [0.717, 1.165) is 30.4 Å². The first kappa shape index (κ1) is 90.5. The number of hydrogen-bond donors (Lipinski definition) is 6. The van der Waals surface area contributed by atoms with E-state index in [1.807, 2.05) is 70.2 Å². The van der Waals surface area contributed by atoms with Gasteiger partial charge in [-0.3, -0.25) is 29.0 Å². The van der Waals surface area contributed by atoms with Crippen LogP contribution in [0.4, 0.5) is 11.8 Å². The molecule has 1 saturated carbocycles. The van der Waals surface area contributed by atoms with E-state index in [1.165, 1.54) is 18.3 Å². The van der Waals surface area contributed by atoms with Crippen molar-refractivity contribution in [3.8, 4) is 11.3 Å². The number of nitrogen functional groups attached to an aromatic ring is 2. The summed E-state index contributed by atoms with van der Waals surface area (Å²) in [7, 11) is 3.02. The molecule has 3 fully saturated rings. The van der Waals surface area contributed by atoms with Gasteiger partial charge < -0.3 is 89.5 Å². The number of oxazole rings is 1. The van der Waals surface area contributed by atoms with Crippen LogP contribution >= 0.6 is 0 Å². The zero-order chi connectivity index (χ0) is 81.4. The number of ketones is 3. The molecule has 2 saturated heterocycles. The fourth-order valence-corrected chi connectivity index (χ4v) is 14.9. The average Bonchev–Trinajstić information content (AvgIpc) is 1.70. The number of hydrazone groups is 1. The molecule has 3 aliphatic heterocycles. The number of allylic oxidation sites excluding steroid dienone is 7. The number of nitrogens with zero attached hydrogens (tertiary/aromatic N) is 8. The lowest BCUT2D eigenvalue weighted by atomic mass is 9.78. The Balaban J connectivity index is 0.707. The second kappa shape index (κ2) is 46.5. The summed E-state index contributed by atoms with van der Waals surface area (Å²) in [6.45, 7) is 17.7. The number of fused-ring (bicyclic) bond motifs is 5. The van der Waals surface area contributed by atoms with Crippen LogP contribution in [0.3, 0.4) is 0 Å². The third-order valence-electron chi connectivity index (χ3n) is 21.6. The summed E-state index contributed by atoms with van der Waals surface area (Å²) in [4.78, 5) is 103. The molecule has 2 amide bonds. The van der Waals surface area contributed by atoms with E-state index < -0.39 is 71.7 Å². The van der Waals surface area contributed by atoms with Gasteiger partial charge >= 0.3 is 5.97 Å². The number of aryl methyl sites for hydroxylation is 1. The number of aromatic nitrogens is 5. The van der Waals surface area contributed by atoms with Gasteiger partial charge in [0.2, 0.25) is 11.7 Å². The van der Waals surface area contributed by atoms with Crippen molar-refractivity contribution in [3.05, 3.63) is 72.1 Å². The Bertz CT molecular complexity index is 3910. The highest BCUT2D eigenvalue weighted by atomic mass is 16.6. The molecule has 31 heteroatoms. The van der Waals surface area contributed by atoms with Crippen molar-refractivity contribution in [1.82, 2.24) is 34.9 Å². The number of methoxy groups -OCH3 is 2. The Labute approximate surface area is 662 Å². The van der Waals surface area contributed by atoms with Gasteiger partial charge in [-0.1, -0.05) is 76.6 Å². The fourth-order valence-electron chi connectivity index (χ4n) is 14.9. The van der Waals surface area contributed by atoms with Crippen LogP contribution in [0, 0.1) is 35.5 Å². The largest absolute Gasteiger partial charge is 0.460 e. The topological polar surface area (TPSA) is 423 Å². The van der Waals surface area contributed by atoms with Gasteiger partial charge in [-0.05, 0) is 145 Å². The number of cyclic esters (lactones) is 1. The number of aliphatic imine (C=N–C) groups is 1. The lowest BCUT2D eigenvalue weighted by Crippen LogP contribution is -2.60. The van der Waals surface area contributed by atoms with Crippen LogP contribution in [0.1, 0.15) is 151 Å². The van der Waals surface area contributed by atoms with Crippen molar-refractivity contribution in [2.75, 3.05) is 118 Å². The molecule has 4 aromatic rings. The van der Waals surface area contributed by atoms with Crippen LogP contribution in [0.15, 0.2) is 86.6 Å². The summed E-state index contributed by atoms with van der Waals surface area (Å²) in [5, 5.41) is 35.8. The van der Waals surface area contributed by atoms with E-state index in [4.69, 9.17) is 74.2 Å². The zero-order valence-electron chi connectivity index (χ0n) is 67.4. The lowest BCUT2D eigenvalue weighted by molar-refractivity contribution is -0.263. The van der Waals surface area contributed by atoms with Gasteiger partial charge in [0.1, 0.15) is 59.2 Å². The van der Waals surface area contributed by atoms with Crippen LogP contribution in [-0.4, -0.2) is 242 Å². The second-order valence-corrected chi connectivity index (χ2v) is 30.3.